The molecule has 0 fully saturated rings. The Kier molecular flexibility index (Phi) is 6.38. The lowest BCUT2D eigenvalue weighted by molar-refractivity contribution is 0.834. The van der Waals surface area contributed by atoms with E-state index in [0.29, 0.717) is 5.92 Å². The average Bonchev–Trinajstić information content (AvgIpc) is 3.21. The second-order valence-electron chi connectivity index (χ2n) is 14.0. The molecular formula is C49H31N3. The number of rotatable bonds is 4. The number of aromatic nitrogens is 3. The second-order valence-corrected chi connectivity index (χ2v) is 14.0. The maximum atomic E-state index is 5.36. The van der Waals surface area contributed by atoms with E-state index in [9.17, 15) is 0 Å². The standard InChI is InChI=1S/C49H31N3/c1-3-14-37-32(9-1)23-33-10-2-4-15-38(33)49(37)43-22-21-41(39-16-5-6-17-40(39)43)46-26-35(25-45(52-46)36-27-50-29-51-28-36)44-24-34-13-7-11-30-19-20-31-12-8-18-42(44)48(31)47(30)34/h1-11,13-29,47H,12H2. The van der Waals surface area contributed by atoms with Gasteiger partial charge in [-0.2, -0.15) is 0 Å². The van der Waals surface area contributed by atoms with Gasteiger partial charge in [0, 0.05) is 29.4 Å². The SMILES string of the molecule is C1=CC2=CC=C3CC=CC4=C3C2C(=C1)C=C4c1cc(-c2cncnc2)nc(-c2ccc(-c3c4ccccc4cc4ccccc34)c3ccccc23)c1. The first-order valence-electron chi connectivity index (χ1n) is 17.9. The molecule has 52 heavy (non-hydrogen) atoms. The van der Waals surface area contributed by atoms with Gasteiger partial charge in [0.2, 0.25) is 0 Å². The molecule has 4 aliphatic rings. The van der Waals surface area contributed by atoms with Crippen molar-refractivity contribution in [2.45, 2.75) is 6.42 Å². The molecule has 3 nitrogen and oxygen atoms in total. The van der Waals surface area contributed by atoms with E-state index in [1.807, 2.05) is 12.4 Å². The summed E-state index contributed by atoms with van der Waals surface area (Å²) >= 11 is 0. The van der Waals surface area contributed by atoms with Crippen LogP contribution in [0.15, 0.2) is 198 Å². The lowest BCUT2D eigenvalue weighted by atomic mass is 9.66. The molecule has 11 rings (SSSR count). The van der Waals surface area contributed by atoms with Gasteiger partial charge < -0.3 is 0 Å². The van der Waals surface area contributed by atoms with Gasteiger partial charge in [0.1, 0.15) is 6.33 Å². The van der Waals surface area contributed by atoms with Crippen molar-refractivity contribution in [1.82, 2.24) is 15.0 Å². The first kappa shape index (κ1) is 29.1. The van der Waals surface area contributed by atoms with Gasteiger partial charge >= 0.3 is 0 Å². The molecule has 0 amide bonds. The first-order valence-corrected chi connectivity index (χ1v) is 17.9. The van der Waals surface area contributed by atoms with Crippen molar-refractivity contribution < 1.29 is 0 Å². The molecular weight excluding hydrogens is 631 g/mol. The fraction of sp³-hybridized carbons (Fsp3) is 0.0408. The van der Waals surface area contributed by atoms with E-state index in [0.717, 1.165) is 34.5 Å². The Bertz CT molecular complexity index is 2860. The molecule has 2 heterocycles. The number of hydrogen-bond acceptors (Lipinski definition) is 3. The van der Waals surface area contributed by atoms with Crippen LogP contribution in [0.3, 0.4) is 0 Å². The number of benzene rings is 5. The highest BCUT2D eigenvalue weighted by molar-refractivity contribution is 6.18. The Hall–Kier alpha value is -6.71. The third kappa shape index (κ3) is 4.42. The summed E-state index contributed by atoms with van der Waals surface area (Å²) in [6.07, 6.45) is 24.6. The van der Waals surface area contributed by atoms with E-state index < -0.39 is 0 Å². The highest BCUT2D eigenvalue weighted by Gasteiger charge is 2.35. The molecule has 0 aliphatic heterocycles. The second kappa shape index (κ2) is 11.4. The zero-order chi connectivity index (χ0) is 34.2. The van der Waals surface area contributed by atoms with Crippen LogP contribution in [0.5, 0.6) is 0 Å². The van der Waals surface area contributed by atoms with Crippen LogP contribution in [0.1, 0.15) is 12.0 Å². The fourth-order valence-corrected chi connectivity index (χ4v) is 8.81. The van der Waals surface area contributed by atoms with Crippen molar-refractivity contribution in [1.29, 1.82) is 0 Å². The molecule has 242 valence electrons. The lowest BCUT2D eigenvalue weighted by Crippen LogP contribution is -2.22. The van der Waals surface area contributed by atoms with E-state index in [2.05, 4.69) is 162 Å². The predicted octanol–water partition coefficient (Wildman–Crippen LogP) is 12.0. The molecule has 1 unspecified atom stereocenters. The summed E-state index contributed by atoms with van der Waals surface area (Å²) in [5, 5.41) is 7.36. The van der Waals surface area contributed by atoms with Crippen LogP contribution >= 0.6 is 0 Å². The molecule has 0 N–H and O–H groups in total. The predicted molar refractivity (Wildman–Crippen MR) is 214 cm³/mol. The highest BCUT2D eigenvalue weighted by atomic mass is 14.8. The number of nitrogens with zero attached hydrogens (tertiary/aromatic N) is 3. The summed E-state index contributed by atoms with van der Waals surface area (Å²) in [6.45, 7) is 0. The molecule has 4 aliphatic carbocycles. The van der Waals surface area contributed by atoms with Gasteiger partial charge in [-0.15, -0.1) is 0 Å². The van der Waals surface area contributed by atoms with Crippen LogP contribution in [-0.2, 0) is 0 Å². The normalized spacial score (nSPS) is 17.2. The minimum atomic E-state index is 0.290. The quantitative estimate of drug-likeness (QED) is 0.176. The zero-order valence-electron chi connectivity index (χ0n) is 28.3. The van der Waals surface area contributed by atoms with Gasteiger partial charge in [0.15, 0.2) is 0 Å². The lowest BCUT2D eigenvalue weighted by Gasteiger charge is -2.37. The van der Waals surface area contributed by atoms with Crippen molar-refractivity contribution in [3.63, 3.8) is 0 Å². The minimum absolute atomic E-state index is 0.290. The molecule has 0 saturated heterocycles. The Morgan fingerprint density at radius 3 is 2.06 bits per heavy atom. The number of allylic oxidation sites excluding steroid dienone is 14. The van der Waals surface area contributed by atoms with Crippen LogP contribution in [0.2, 0.25) is 0 Å². The van der Waals surface area contributed by atoms with E-state index in [-0.39, 0.29) is 0 Å². The van der Waals surface area contributed by atoms with Gasteiger partial charge in [-0.05, 0) is 113 Å². The Balaban J connectivity index is 1.16. The fourth-order valence-electron chi connectivity index (χ4n) is 8.81. The van der Waals surface area contributed by atoms with Gasteiger partial charge in [-0.3, -0.25) is 0 Å². The third-order valence-electron chi connectivity index (χ3n) is 11.1. The maximum absolute atomic E-state index is 5.36. The summed E-state index contributed by atoms with van der Waals surface area (Å²) in [5.41, 5.74) is 15.5. The molecule has 2 aromatic heterocycles. The monoisotopic (exact) mass is 661 g/mol. The van der Waals surface area contributed by atoms with Gasteiger partial charge in [0.05, 0.1) is 11.4 Å². The van der Waals surface area contributed by atoms with Crippen molar-refractivity contribution >= 4 is 37.9 Å². The smallest absolute Gasteiger partial charge is 0.115 e. The first-order chi connectivity index (χ1) is 25.8. The zero-order valence-corrected chi connectivity index (χ0v) is 28.3. The van der Waals surface area contributed by atoms with Crippen LogP contribution in [0.4, 0.5) is 0 Å². The Morgan fingerprint density at radius 2 is 1.27 bits per heavy atom. The van der Waals surface area contributed by atoms with E-state index in [1.54, 1.807) is 6.33 Å². The Morgan fingerprint density at radius 1 is 0.577 bits per heavy atom. The highest BCUT2D eigenvalue weighted by Crippen LogP contribution is 2.51. The number of hydrogen-bond donors (Lipinski definition) is 0. The minimum Gasteiger partial charge on any atom is -0.248 e. The van der Waals surface area contributed by atoms with Crippen molar-refractivity contribution in [2.75, 3.05) is 0 Å². The number of pyridine rings is 1. The summed E-state index contributed by atoms with van der Waals surface area (Å²) < 4.78 is 0. The van der Waals surface area contributed by atoms with Gasteiger partial charge in [0.25, 0.3) is 0 Å². The van der Waals surface area contributed by atoms with Crippen LogP contribution in [-0.4, -0.2) is 15.0 Å². The molecule has 7 aromatic rings. The summed E-state index contributed by atoms with van der Waals surface area (Å²) in [7, 11) is 0. The average molecular weight is 662 g/mol. The van der Waals surface area contributed by atoms with E-state index in [4.69, 9.17) is 4.98 Å². The molecule has 1 atom stereocenters. The van der Waals surface area contributed by atoms with Crippen LogP contribution in [0, 0.1) is 5.92 Å². The van der Waals surface area contributed by atoms with Gasteiger partial charge in [-0.25, -0.2) is 15.0 Å². The molecule has 0 bridgehead atoms. The van der Waals surface area contributed by atoms with Crippen LogP contribution in [0.25, 0.3) is 71.5 Å². The summed E-state index contributed by atoms with van der Waals surface area (Å²) in [4.78, 5) is 14.1. The molecule has 0 saturated carbocycles. The topological polar surface area (TPSA) is 38.7 Å². The van der Waals surface area contributed by atoms with E-state index >= 15 is 0 Å². The maximum Gasteiger partial charge on any atom is 0.115 e. The summed E-state index contributed by atoms with van der Waals surface area (Å²) in [6, 6.07) is 37.6. The van der Waals surface area contributed by atoms with Crippen molar-refractivity contribution in [3.05, 3.63) is 204 Å². The number of fused-ring (bicyclic) bond motifs is 3. The largest absolute Gasteiger partial charge is 0.248 e. The van der Waals surface area contributed by atoms with E-state index in [1.165, 1.54) is 76.9 Å². The third-order valence-corrected chi connectivity index (χ3v) is 11.1. The summed E-state index contributed by atoms with van der Waals surface area (Å²) in [5.74, 6) is 0.290. The molecule has 3 heteroatoms. The van der Waals surface area contributed by atoms with Crippen LogP contribution < -0.4 is 0 Å². The Labute approximate surface area is 301 Å². The molecule has 5 aromatic carbocycles. The molecule has 0 spiro atoms. The van der Waals surface area contributed by atoms with Crippen molar-refractivity contribution in [3.8, 4) is 33.6 Å². The van der Waals surface area contributed by atoms with Crippen molar-refractivity contribution in [2.24, 2.45) is 5.92 Å². The van der Waals surface area contributed by atoms with Gasteiger partial charge in [-0.1, -0.05) is 127 Å². The molecule has 0 radical (unpaired) electrons.